The molecule has 0 heterocycles. The molecule has 0 fully saturated rings. The van der Waals surface area contributed by atoms with Gasteiger partial charge in [0.15, 0.2) is 0 Å². The summed E-state index contributed by atoms with van der Waals surface area (Å²) in [7, 11) is 3.08. The van der Waals surface area contributed by atoms with E-state index in [1.165, 1.54) is 0 Å². The SMILES string of the molecule is COc1ccc(C(CBr)c2ccc(OC)c(Cl)c2Cl)c(Cl)c1Cl. The highest BCUT2D eigenvalue weighted by atomic mass is 79.9. The summed E-state index contributed by atoms with van der Waals surface area (Å²) in [6, 6.07) is 7.29. The van der Waals surface area contributed by atoms with Gasteiger partial charge in [-0.2, -0.15) is 0 Å². The molecule has 2 rings (SSSR count). The second-order valence-electron chi connectivity index (χ2n) is 4.68. The van der Waals surface area contributed by atoms with Gasteiger partial charge in [-0.25, -0.2) is 0 Å². The maximum atomic E-state index is 6.42. The van der Waals surface area contributed by atoms with Crippen LogP contribution in [0.1, 0.15) is 17.0 Å². The van der Waals surface area contributed by atoms with E-state index in [0.29, 0.717) is 36.9 Å². The standard InChI is InChI=1S/C16H13BrCl4O2/c1-22-11-5-3-8(13(18)15(11)20)10(7-17)9-4-6-12(23-2)16(21)14(9)19/h3-6,10H,7H2,1-2H3. The van der Waals surface area contributed by atoms with Crippen LogP contribution in [0.4, 0.5) is 0 Å². The number of hydrogen-bond acceptors (Lipinski definition) is 2. The predicted molar refractivity (Wildman–Crippen MR) is 102 cm³/mol. The van der Waals surface area contributed by atoms with E-state index in [1.54, 1.807) is 26.4 Å². The highest BCUT2D eigenvalue weighted by Crippen LogP contribution is 2.44. The van der Waals surface area contributed by atoms with Crippen molar-refractivity contribution in [1.82, 2.24) is 0 Å². The zero-order chi connectivity index (χ0) is 17.1. The minimum Gasteiger partial charge on any atom is -0.495 e. The maximum absolute atomic E-state index is 6.42. The Bertz CT molecular complexity index is 662. The summed E-state index contributed by atoms with van der Waals surface area (Å²) in [6.45, 7) is 0. The number of rotatable bonds is 5. The molecular formula is C16H13BrCl4O2. The summed E-state index contributed by atoms with van der Waals surface area (Å²) in [6.07, 6.45) is 0. The molecule has 0 aliphatic carbocycles. The van der Waals surface area contributed by atoms with E-state index in [2.05, 4.69) is 15.9 Å². The van der Waals surface area contributed by atoms with E-state index in [4.69, 9.17) is 55.9 Å². The lowest BCUT2D eigenvalue weighted by Crippen LogP contribution is -2.05. The zero-order valence-corrected chi connectivity index (χ0v) is 16.9. The molecule has 0 bridgehead atoms. The molecular weight excluding hydrogens is 446 g/mol. The molecule has 23 heavy (non-hydrogen) atoms. The molecule has 0 spiro atoms. The van der Waals surface area contributed by atoms with E-state index < -0.39 is 0 Å². The van der Waals surface area contributed by atoms with E-state index in [1.807, 2.05) is 12.1 Å². The van der Waals surface area contributed by atoms with Gasteiger partial charge >= 0.3 is 0 Å². The van der Waals surface area contributed by atoms with Gasteiger partial charge < -0.3 is 9.47 Å². The van der Waals surface area contributed by atoms with Crippen molar-refractivity contribution < 1.29 is 9.47 Å². The van der Waals surface area contributed by atoms with E-state index >= 15 is 0 Å². The van der Waals surface area contributed by atoms with Crippen LogP contribution in [0, 0.1) is 0 Å². The van der Waals surface area contributed by atoms with Gasteiger partial charge in [-0.1, -0.05) is 74.5 Å². The zero-order valence-electron chi connectivity index (χ0n) is 12.3. The first-order valence-electron chi connectivity index (χ1n) is 6.55. The fourth-order valence-electron chi connectivity index (χ4n) is 2.28. The largest absolute Gasteiger partial charge is 0.495 e. The van der Waals surface area contributed by atoms with Crippen molar-refractivity contribution in [2.45, 2.75) is 5.92 Å². The molecule has 2 aromatic rings. The Morgan fingerprint density at radius 3 is 1.48 bits per heavy atom. The Hall–Kier alpha value is -0.320. The minimum atomic E-state index is -0.123. The summed E-state index contributed by atoms with van der Waals surface area (Å²) in [4.78, 5) is 0. The number of ether oxygens (including phenoxy) is 2. The molecule has 2 aromatic carbocycles. The number of hydrogen-bond donors (Lipinski definition) is 0. The average Bonchev–Trinajstić information content (AvgIpc) is 2.56. The third-order valence-corrected chi connectivity index (χ3v) is 5.90. The lowest BCUT2D eigenvalue weighted by Gasteiger charge is -2.20. The second-order valence-corrected chi connectivity index (χ2v) is 6.84. The summed E-state index contributed by atoms with van der Waals surface area (Å²) < 4.78 is 10.4. The van der Waals surface area contributed by atoms with Crippen LogP contribution in [0.5, 0.6) is 11.5 Å². The van der Waals surface area contributed by atoms with E-state index in [-0.39, 0.29) is 5.92 Å². The number of alkyl halides is 1. The van der Waals surface area contributed by atoms with Crippen LogP contribution < -0.4 is 9.47 Å². The van der Waals surface area contributed by atoms with Gasteiger partial charge in [0.2, 0.25) is 0 Å². The van der Waals surface area contributed by atoms with Crippen molar-refractivity contribution >= 4 is 62.3 Å². The number of halogens is 5. The van der Waals surface area contributed by atoms with Crippen LogP contribution in [0.3, 0.4) is 0 Å². The van der Waals surface area contributed by atoms with Crippen molar-refractivity contribution in [3.63, 3.8) is 0 Å². The number of methoxy groups -OCH3 is 2. The number of benzene rings is 2. The molecule has 0 saturated heterocycles. The van der Waals surface area contributed by atoms with Crippen LogP contribution in [0.2, 0.25) is 20.1 Å². The average molecular weight is 459 g/mol. The van der Waals surface area contributed by atoms with Gasteiger partial charge in [0, 0.05) is 11.2 Å². The predicted octanol–water partition coefficient (Wildman–Crippen LogP) is 6.84. The topological polar surface area (TPSA) is 18.5 Å². The van der Waals surface area contributed by atoms with Crippen LogP contribution in [-0.4, -0.2) is 19.5 Å². The van der Waals surface area contributed by atoms with Crippen molar-refractivity contribution in [2.24, 2.45) is 0 Å². The first kappa shape index (κ1) is 19.0. The summed E-state index contributed by atoms with van der Waals surface area (Å²) in [5.41, 5.74) is 1.66. The first-order valence-corrected chi connectivity index (χ1v) is 9.19. The molecule has 124 valence electrons. The first-order chi connectivity index (χ1) is 11.0. The van der Waals surface area contributed by atoms with Gasteiger partial charge in [0.25, 0.3) is 0 Å². The molecule has 0 unspecified atom stereocenters. The highest BCUT2D eigenvalue weighted by Gasteiger charge is 2.23. The molecule has 0 aliphatic rings. The Labute approximate surface area is 163 Å². The van der Waals surface area contributed by atoms with Crippen LogP contribution >= 0.6 is 62.3 Å². The molecule has 0 atom stereocenters. The Morgan fingerprint density at radius 2 is 1.17 bits per heavy atom. The van der Waals surface area contributed by atoms with Crippen molar-refractivity contribution in [1.29, 1.82) is 0 Å². The van der Waals surface area contributed by atoms with Gasteiger partial charge in [-0.05, 0) is 23.3 Å². The van der Waals surface area contributed by atoms with Gasteiger partial charge in [0.1, 0.15) is 21.5 Å². The van der Waals surface area contributed by atoms with Gasteiger partial charge in [-0.15, -0.1) is 0 Å². The van der Waals surface area contributed by atoms with Crippen LogP contribution in [0.25, 0.3) is 0 Å². The van der Waals surface area contributed by atoms with Crippen molar-refractivity contribution in [2.75, 3.05) is 19.5 Å². The quantitative estimate of drug-likeness (QED) is 0.456. The second kappa shape index (κ2) is 8.17. The van der Waals surface area contributed by atoms with Gasteiger partial charge in [0.05, 0.1) is 24.3 Å². The molecule has 2 nitrogen and oxygen atoms in total. The molecule has 0 aliphatic heterocycles. The Balaban J connectivity index is 2.58. The molecule has 0 N–H and O–H groups in total. The third kappa shape index (κ3) is 3.69. The lowest BCUT2D eigenvalue weighted by molar-refractivity contribution is 0.414. The van der Waals surface area contributed by atoms with Gasteiger partial charge in [-0.3, -0.25) is 0 Å². The maximum Gasteiger partial charge on any atom is 0.138 e. The molecule has 0 amide bonds. The smallest absolute Gasteiger partial charge is 0.138 e. The fourth-order valence-corrected chi connectivity index (χ4v) is 4.05. The Kier molecular flexibility index (Phi) is 6.76. The molecule has 7 heteroatoms. The van der Waals surface area contributed by atoms with Crippen molar-refractivity contribution in [3.05, 3.63) is 55.5 Å². The van der Waals surface area contributed by atoms with Crippen LogP contribution in [0.15, 0.2) is 24.3 Å². The molecule has 0 radical (unpaired) electrons. The summed E-state index contributed by atoms with van der Waals surface area (Å²) >= 11 is 28.9. The lowest BCUT2D eigenvalue weighted by atomic mass is 9.92. The molecule has 0 aromatic heterocycles. The Morgan fingerprint density at radius 1 is 0.783 bits per heavy atom. The van der Waals surface area contributed by atoms with Crippen molar-refractivity contribution in [3.8, 4) is 11.5 Å². The third-order valence-electron chi connectivity index (χ3n) is 3.50. The summed E-state index contributed by atoms with van der Waals surface area (Å²) in [5.74, 6) is 0.919. The summed E-state index contributed by atoms with van der Waals surface area (Å²) in [5, 5.41) is 2.19. The fraction of sp³-hybridized carbons (Fsp3) is 0.250. The normalized spacial score (nSPS) is 11.0. The van der Waals surface area contributed by atoms with E-state index in [0.717, 1.165) is 11.1 Å². The monoisotopic (exact) mass is 456 g/mol. The van der Waals surface area contributed by atoms with Crippen LogP contribution in [-0.2, 0) is 0 Å². The minimum absolute atomic E-state index is 0.123. The highest BCUT2D eigenvalue weighted by molar-refractivity contribution is 9.09. The van der Waals surface area contributed by atoms with E-state index in [9.17, 15) is 0 Å². The molecule has 0 saturated carbocycles.